The van der Waals surface area contributed by atoms with Crippen LogP contribution in [0.4, 0.5) is 0 Å². The minimum absolute atomic E-state index is 0.00939. The van der Waals surface area contributed by atoms with Crippen molar-refractivity contribution in [3.05, 3.63) is 64.7 Å². The van der Waals surface area contributed by atoms with E-state index in [9.17, 15) is 19.2 Å². The summed E-state index contributed by atoms with van der Waals surface area (Å²) in [5, 5.41) is 2.27. The Kier molecular flexibility index (Phi) is 5.09. The highest BCUT2D eigenvalue weighted by Gasteiger charge is 2.40. The molecule has 2 aromatic rings. The highest BCUT2D eigenvalue weighted by molar-refractivity contribution is 6.05. The summed E-state index contributed by atoms with van der Waals surface area (Å²) in [7, 11) is 0. The van der Waals surface area contributed by atoms with Crippen LogP contribution in [0.3, 0.4) is 0 Å². The van der Waals surface area contributed by atoms with E-state index in [-0.39, 0.29) is 56.3 Å². The second kappa shape index (κ2) is 9.26. The lowest BCUT2D eigenvalue weighted by Gasteiger charge is -2.29. The monoisotopic (exact) mass is 466 g/mol. The molecule has 0 saturated carbocycles. The van der Waals surface area contributed by atoms with Gasteiger partial charge in [-0.1, -0.05) is 30.3 Å². The Morgan fingerprint density at radius 1 is 1.15 bits per heavy atom. The third-order valence-corrected chi connectivity index (χ3v) is 6.04. The predicted molar refractivity (Wildman–Crippen MR) is 119 cm³/mol. The van der Waals surface area contributed by atoms with Gasteiger partial charge < -0.3 is 19.3 Å². The number of rotatable bonds is 6. The molecular formula is C25H25N3O6. The molecule has 3 unspecified atom stereocenters. The minimum atomic E-state index is -1.22. The second-order valence-corrected chi connectivity index (χ2v) is 8.26. The zero-order chi connectivity index (χ0) is 26.3. The molecule has 34 heavy (non-hydrogen) atoms. The van der Waals surface area contributed by atoms with Crippen molar-refractivity contribution in [2.24, 2.45) is 0 Å². The Bertz CT molecular complexity index is 1290. The first-order valence-electron chi connectivity index (χ1n) is 12.7. The maximum Gasteiger partial charge on any atom is 0.255 e. The number of hydrogen-bond acceptors (Lipinski definition) is 6. The van der Waals surface area contributed by atoms with Gasteiger partial charge in [0.1, 0.15) is 25.0 Å². The first-order valence-corrected chi connectivity index (χ1v) is 11.0. The standard InChI is InChI=1S/C25H25N3O6/c29-22-9-8-20(24(31)26-22)28-13-19-18(25(28)32)2-1-3-21(19)34-14-17-6-4-16(5-7-17)12-27-10-11-33-15-23(27)30/h1-7,20H,8-15H2,(H,26,29,31)/i4D,12D,14D. The number of fused-ring (bicyclic) bond motifs is 1. The van der Waals surface area contributed by atoms with Crippen molar-refractivity contribution in [2.75, 3.05) is 19.8 Å². The van der Waals surface area contributed by atoms with Crippen molar-refractivity contribution in [2.45, 2.75) is 38.5 Å². The Morgan fingerprint density at radius 3 is 2.79 bits per heavy atom. The van der Waals surface area contributed by atoms with Crippen LogP contribution in [0.1, 0.15) is 44.0 Å². The van der Waals surface area contributed by atoms with Gasteiger partial charge in [-0.15, -0.1) is 0 Å². The van der Waals surface area contributed by atoms with E-state index in [1.165, 1.54) is 15.9 Å². The van der Waals surface area contributed by atoms with E-state index in [0.29, 0.717) is 34.6 Å². The van der Waals surface area contributed by atoms with Gasteiger partial charge in [0, 0.05) is 30.6 Å². The largest absolute Gasteiger partial charge is 0.489 e. The van der Waals surface area contributed by atoms with Gasteiger partial charge in [-0.2, -0.15) is 0 Å². The van der Waals surface area contributed by atoms with Crippen molar-refractivity contribution in [3.63, 3.8) is 0 Å². The van der Waals surface area contributed by atoms with Crippen LogP contribution in [0, 0.1) is 0 Å². The Labute approximate surface area is 200 Å². The molecule has 0 bridgehead atoms. The van der Waals surface area contributed by atoms with Gasteiger partial charge in [-0.3, -0.25) is 24.5 Å². The first kappa shape index (κ1) is 18.7. The average Bonchev–Trinajstić information content (AvgIpc) is 3.21. The number of benzene rings is 2. The third kappa shape index (κ3) is 4.38. The zero-order valence-electron chi connectivity index (χ0n) is 21.3. The highest BCUT2D eigenvalue weighted by Crippen LogP contribution is 2.34. The van der Waals surface area contributed by atoms with Gasteiger partial charge in [-0.05, 0) is 29.7 Å². The summed E-state index contributed by atoms with van der Waals surface area (Å²) in [6.07, 6.45) is 0.395. The molecule has 3 heterocycles. The van der Waals surface area contributed by atoms with Gasteiger partial charge in [-0.25, -0.2) is 0 Å². The SMILES string of the molecule is [2H]c1cc(C([2H])Oc2cccc3c2CN(C2CCC(=O)NC2=O)C3=O)ccc1C([2H])N1CCOCC1=O. The third-order valence-electron chi connectivity index (χ3n) is 6.04. The number of nitrogens with zero attached hydrogens (tertiary/aromatic N) is 2. The maximum absolute atomic E-state index is 13.0. The zero-order valence-corrected chi connectivity index (χ0v) is 18.3. The fraction of sp³-hybridized carbons (Fsp3) is 0.360. The van der Waals surface area contributed by atoms with E-state index in [1.807, 2.05) is 0 Å². The van der Waals surface area contributed by atoms with Crippen LogP contribution in [0.25, 0.3) is 0 Å². The topological polar surface area (TPSA) is 105 Å². The number of hydrogen-bond donors (Lipinski definition) is 1. The number of carbonyl (C=O) groups excluding carboxylic acids is 4. The van der Waals surface area contributed by atoms with Crippen molar-refractivity contribution in [3.8, 4) is 5.75 Å². The molecule has 9 heteroatoms. The van der Waals surface area contributed by atoms with Gasteiger partial charge in [0.2, 0.25) is 17.7 Å². The first-order chi connectivity index (χ1) is 17.7. The molecule has 2 fully saturated rings. The second-order valence-electron chi connectivity index (χ2n) is 8.26. The summed E-state index contributed by atoms with van der Waals surface area (Å²) in [6.45, 7) is -1.65. The van der Waals surface area contributed by atoms with E-state index < -0.39 is 25.1 Å². The van der Waals surface area contributed by atoms with Crippen molar-refractivity contribution < 1.29 is 32.8 Å². The molecule has 9 nitrogen and oxygen atoms in total. The van der Waals surface area contributed by atoms with Gasteiger partial charge in [0.15, 0.2) is 0 Å². The number of ether oxygens (including phenoxy) is 2. The number of piperidine rings is 1. The highest BCUT2D eigenvalue weighted by atomic mass is 16.5. The Hall–Kier alpha value is -3.72. The van der Waals surface area contributed by atoms with Crippen LogP contribution in [-0.4, -0.2) is 59.2 Å². The normalized spacial score (nSPS) is 23.5. The Morgan fingerprint density at radius 2 is 2.00 bits per heavy atom. The average molecular weight is 467 g/mol. The van der Waals surface area contributed by atoms with Crippen molar-refractivity contribution in [1.82, 2.24) is 15.1 Å². The minimum Gasteiger partial charge on any atom is -0.489 e. The lowest BCUT2D eigenvalue weighted by atomic mass is 10.0. The molecule has 5 rings (SSSR count). The molecule has 0 aliphatic carbocycles. The van der Waals surface area contributed by atoms with Gasteiger partial charge in [0.05, 0.1) is 17.3 Å². The summed E-state index contributed by atoms with van der Waals surface area (Å²) in [6, 6.07) is 8.73. The van der Waals surface area contributed by atoms with E-state index in [4.69, 9.17) is 13.6 Å². The molecule has 1 N–H and O–H groups in total. The van der Waals surface area contributed by atoms with Crippen LogP contribution in [-0.2, 0) is 38.8 Å². The summed E-state index contributed by atoms with van der Waals surface area (Å²) in [5.74, 6) is -1.20. The predicted octanol–water partition coefficient (Wildman–Crippen LogP) is 1.39. The summed E-state index contributed by atoms with van der Waals surface area (Å²) >= 11 is 0. The van der Waals surface area contributed by atoms with Crippen LogP contribution in [0.2, 0.25) is 0 Å². The van der Waals surface area contributed by atoms with E-state index in [1.54, 1.807) is 30.3 Å². The Balaban J connectivity index is 1.32. The number of imide groups is 1. The summed E-state index contributed by atoms with van der Waals surface area (Å²) in [5.41, 5.74) is 1.63. The van der Waals surface area contributed by atoms with Crippen molar-refractivity contribution >= 4 is 23.6 Å². The quantitative estimate of drug-likeness (QED) is 0.645. The van der Waals surface area contributed by atoms with E-state index in [2.05, 4.69) is 5.32 Å². The molecule has 2 saturated heterocycles. The van der Waals surface area contributed by atoms with E-state index >= 15 is 0 Å². The van der Waals surface area contributed by atoms with E-state index in [0.717, 1.165) is 0 Å². The maximum atomic E-state index is 13.0. The smallest absolute Gasteiger partial charge is 0.255 e. The fourth-order valence-electron chi connectivity index (χ4n) is 4.24. The lowest BCUT2D eigenvalue weighted by molar-refractivity contribution is -0.143. The molecule has 0 aromatic heterocycles. The van der Waals surface area contributed by atoms with Crippen LogP contribution in [0.5, 0.6) is 5.75 Å². The molecule has 3 aliphatic rings. The van der Waals surface area contributed by atoms with Crippen LogP contribution in [0.15, 0.2) is 42.4 Å². The molecule has 2 aromatic carbocycles. The molecule has 3 atom stereocenters. The van der Waals surface area contributed by atoms with Crippen LogP contribution < -0.4 is 10.1 Å². The molecule has 0 radical (unpaired) electrons. The fourth-order valence-corrected chi connectivity index (χ4v) is 4.24. The molecule has 3 aliphatic heterocycles. The summed E-state index contributed by atoms with van der Waals surface area (Å²) < 4.78 is 36.3. The van der Waals surface area contributed by atoms with Crippen LogP contribution >= 0.6 is 0 Å². The number of amides is 4. The number of morpholine rings is 1. The van der Waals surface area contributed by atoms with Crippen molar-refractivity contribution in [1.29, 1.82) is 0 Å². The molecule has 4 amide bonds. The molecular weight excluding hydrogens is 438 g/mol. The number of nitrogens with one attached hydrogen (secondary N) is 1. The lowest BCUT2D eigenvalue weighted by Crippen LogP contribution is -2.52. The molecule has 176 valence electrons. The van der Waals surface area contributed by atoms with Gasteiger partial charge >= 0.3 is 0 Å². The number of carbonyl (C=O) groups is 4. The molecule has 0 spiro atoms. The van der Waals surface area contributed by atoms with Gasteiger partial charge in [0.25, 0.3) is 5.91 Å². The summed E-state index contributed by atoms with van der Waals surface area (Å²) in [4.78, 5) is 51.7.